The summed E-state index contributed by atoms with van der Waals surface area (Å²) < 4.78 is 12.7. The molecule has 0 bridgehead atoms. The number of rotatable bonds is 15. The normalized spacial score (nSPS) is 36.9. The zero-order valence-electron chi connectivity index (χ0n) is 28.7. The summed E-state index contributed by atoms with van der Waals surface area (Å²) in [6.45, 7) is 12.9. The lowest BCUT2D eigenvalue weighted by Crippen LogP contribution is -2.66. The number of carbonyl (C=O) groups excluding carboxylic acids is 3. The van der Waals surface area contributed by atoms with Crippen molar-refractivity contribution in [2.24, 2.45) is 35.0 Å². The van der Waals surface area contributed by atoms with E-state index >= 15 is 0 Å². The summed E-state index contributed by atoms with van der Waals surface area (Å²) >= 11 is 0. The average molecular weight is 631 g/mol. The molecule has 2 saturated carbocycles. The fourth-order valence-electron chi connectivity index (χ4n) is 9.05. The number of aliphatic hydroxyl groups is 3. The summed E-state index contributed by atoms with van der Waals surface area (Å²) in [4.78, 5) is 40.3. The lowest BCUT2D eigenvalue weighted by atomic mass is 9.59. The Labute approximate surface area is 270 Å². The molecule has 9 atom stereocenters. The molecule has 45 heavy (non-hydrogen) atoms. The standard InChI is InChI=1S/C37H58O8/c1-8-10-11-12-13-14-15-16-17-18-29(39)45-37-30(34(37,6)7)27-20-26(22-38)21-35(42)28(19-24(4)31(35)40)36(27,43)25(5)32(37)44-33(41)23(3)9-2/h19-20,23,25,27-28,30,32,38,42-43H,8-18,21-22H2,1-7H3/t23?,25-,27+,28-,30-,32?,35-,36-,37-/m1/s1. The summed E-state index contributed by atoms with van der Waals surface area (Å²) in [5.74, 6) is -4.60. The molecule has 0 radical (unpaired) electrons. The first-order chi connectivity index (χ1) is 21.2. The minimum atomic E-state index is -1.94. The van der Waals surface area contributed by atoms with Gasteiger partial charge in [-0.3, -0.25) is 14.4 Å². The van der Waals surface area contributed by atoms with Crippen LogP contribution in [0.2, 0.25) is 0 Å². The lowest BCUT2D eigenvalue weighted by Gasteiger charge is -2.53. The molecule has 4 rings (SSSR count). The van der Waals surface area contributed by atoms with Gasteiger partial charge in [0.25, 0.3) is 0 Å². The van der Waals surface area contributed by atoms with Crippen LogP contribution in [0.25, 0.3) is 0 Å². The van der Waals surface area contributed by atoms with E-state index in [0.29, 0.717) is 24.0 Å². The van der Waals surface area contributed by atoms with Crippen molar-refractivity contribution in [1.82, 2.24) is 0 Å². The highest BCUT2D eigenvalue weighted by molar-refractivity contribution is 6.04. The van der Waals surface area contributed by atoms with Gasteiger partial charge in [-0.25, -0.2) is 0 Å². The highest BCUT2D eigenvalue weighted by atomic mass is 16.6. The zero-order valence-corrected chi connectivity index (χ0v) is 28.7. The smallest absolute Gasteiger partial charge is 0.309 e. The van der Waals surface area contributed by atoms with Crippen LogP contribution in [-0.2, 0) is 23.9 Å². The Kier molecular flexibility index (Phi) is 10.8. The van der Waals surface area contributed by atoms with Crippen molar-refractivity contribution in [2.75, 3.05) is 6.61 Å². The molecule has 0 amide bonds. The first-order valence-electron chi connectivity index (χ1n) is 17.6. The van der Waals surface area contributed by atoms with E-state index in [9.17, 15) is 29.7 Å². The van der Waals surface area contributed by atoms with E-state index in [4.69, 9.17) is 9.47 Å². The Morgan fingerprint density at radius 1 is 1.00 bits per heavy atom. The second-order valence-electron chi connectivity index (χ2n) is 15.2. The van der Waals surface area contributed by atoms with Crippen LogP contribution in [0.15, 0.2) is 23.3 Å². The van der Waals surface area contributed by atoms with Crippen LogP contribution in [0.4, 0.5) is 0 Å². The molecule has 8 nitrogen and oxygen atoms in total. The van der Waals surface area contributed by atoms with Crippen LogP contribution in [0.3, 0.4) is 0 Å². The van der Waals surface area contributed by atoms with Gasteiger partial charge in [0.15, 0.2) is 11.4 Å². The van der Waals surface area contributed by atoms with Crippen LogP contribution < -0.4 is 0 Å². The van der Waals surface area contributed by atoms with Gasteiger partial charge in [0.05, 0.1) is 18.1 Å². The number of fused-ring (bicyclic) bond motifs is 5. The van der Waals surface area contributed by atoms with Crippen LogP contribution in [-0.4, -0.2) is 62.6 Å². The monoisotopic (exact) mass is 630 g/mol. The number of esters is 2. The zero-order chi connectivity index (χ0) is 33.4. The predicted octanol–water partition coefficient (Wildman–Crippen LogP) is 6.00. The van der Waals surface area contributed by atoms with Gasteiger partial charge in [0, 0.05) is 41.9 Å². The largest absolute Gasteiger partial charge is 0.457 e. The molecule has 254 valence electrons. The van der Waals surface area contributed by atoms with Crippen molar-refractivity contribution >= 4 is 17.7 Å². The van der Waals surface area contributed by atoms with Crippen molar-refractivity contribution < 1.29 is 39.2 Å². The third kappa shape index (κ3) is 5.97. The fourth-order valence-corrected chi connectivity index (χ4v) is 9.05. The quantitative estimate of drug-likeness (QED) is 0.114. The summed E-state index contributed by atoms with van der Waals surface area (Å²) in [6.07, 6.45) is 13.3. The van der Waals surface area contributed by atoms with E-state index in [1.165, 1.54) is 32.1 Å². The molecule has 2 unspecified atom stereocenters. The third-order valence-corrected chi connectivity index (χ3v) is 12.0. The first-order valence-corrected chi connectivity index (χ1v) is 17.6. The molecule has 0 aromatic heterocycles. The molecule has 0 aromatic carbocycles. The summed E-state index contributed by atoms with van der Waals surface area (Å²) in [6, 6.07) is 0. The summed E-state index contributed by atoms with van der Waals surface area (Å²) in [5, 5.41) is 35.1. The Morgan fingerprint density at radius 3 is 2.18 bits per heavy atom. The van der Waals surface area contributed by atoms with E-state index in [1.54, 1.807) is 32.9 Å². The van der Waals surface area contributed by atoms with Gasteiger partial charge in [-0.1, -0.05) is 105 Å². The molecule has 0 saturated heterocycles. The molecule has 2 fully saturated rings. The SMILES string of the molecule is CCCCCCCCCCCC(=O)O[C@@]12C(OC(=O)C(C)CC)[C@@H](C)[C@@]3(O)[C@@H](C=C(CO)C[C@]4(O)C(=O)C(C)=C[C@@H]34)[C@@H]1C2(C)C. The van der Waals surface area contributed by atoms with Gasteiger partial charge >= 0.3 is 11.9 Å². The second kappa shape index (κ2) is 13.6. The van der Waals surface area contributed by atoms with Gasteiger partial charge < -0.3 is 24.8 Å². The summed E-state index contributed by atoms with van der Waals surface area (Å²) in [7, 11) is 0. The van der Waals surface area contributed by atoms with E-state index < -0.39 is 69.7 Å². The molecule has 3 N–H and O–H groups in total. The minimum Gasteiger partial charge on any atom is -0.457 e. The maximum atomic E-state index is 13.5. The molecule has 4 aliphatic rings. The number of carbonyl (C=O) groups is 3. The minimum absolute atomic E-state index is 0.109. The van der Waals surface area contributed by atoms with E-state index in [2.05, 4.69) is 6.92 Å². The number of aliphatic hydroxyl groups excluding tert-OH is 1. The van der Waals surface area contributed by atoms with Crippen molar-refractivity contribution in [3.8, 4) is 0 Å². The maximum Gasteiger partial charge on any atom is 0.309 e. The first kappa shape index (κ1) is 35.8. The Morgan fingerprint density at radius 2 is 1.60 bits per heavy atom. The Bertz CT molecular complexity index is 1190. The molecule has 0 aromatic rings. The molecule has 0 heterocycles. The topological polar surface area (TPSA) is 130 Å². The van der Waals surface area contributed by atoms with Crippen LogP contribution >= 0.6 is 0 Å². The average Bonchev–Trinajstić information content (AvgIpc) is 3.43. The molecule has 0 spiro atoms. The fraction of sp³-hybridized carbons (Fsp3) is 0.811. The molecular weight excluding hydrogens is 572 g/mol. The van der Waals surface area contributed by atoms with Gasteiger partial charge in [-0.05, 0) is 30.9 Å². The van der Waals surface area contributed by atoms with Gasteiger partial charge in [0.2, 0.25) is 0 Å². The van der Waals surface area contributed by atoms with Gasteiger partial charge in [-0.2, -0.15) is 0 Å². The third-order valence-electron chi connectivity index (χ3n) is 12.0. The van der Waals surface area contributed by atoms with Crippen LogP contribution in [0.5, 0.6) is 0 Å². The number of ether oxygens (including phenoxy) is 2. The molecule has 8 heteroatoms. The number of hydrogen-bond acceptors (Lipinski definition) is 8. The Hall–Kier alpha value is -2.03. The van der Waals surface area contributed by atoms with Crippen LogP contribution in [0.1, 0.15) is 126 Å². The molecule has 4 aliphatic carbocycles. The van der Waals surface area contributed by atoms with E-state index in [-0.39, 0.29) is 25.4 Å². The van der Waals surface area contributed by atoms with E-state index in [0.717, 1.165) is 19.3 Å². The molecule has 0 aliphatic heterocycles. The number of unbranched alkanes of at least 4 members (excludes halogenated alkanes) is 8. The summed E-state index contributed by atoms with van der Waals surface area (Å²) in [5.41, 5.74) is -4.75. The maximum absolute atomic E-state index is 13.5. The molecular formula is C37H58O8. The van der Waals surface area contributed by atoms with Crippen molar-refractivity contribution in [2.45, 2.75) is 148 Å². The Balaban J connectivity index is 1.64. The number of ketones is 1. The number of Topliss-reactive ketones (excluding diaryl/α,β-unsaturated/α-hetero) is 1. The lowest BCUT2D eigenvalue weighted by molar-refractivity contribution is -0.230. The highest BCUT2D eigenvalue weighted by Crippen LogP contribution is 2.77. The second-order valence-corrected chi connectivity index (χ2v) is 15.2. The van der Waals surface area contributed by atoms with Crippen molar-refractivity contribution in [1.29, 1.82) is 0 Å². The van der Waals surface area contributed by atoms with Crippen molar-refractivity contribution in [3.63, 3.8) is 0 Å². The van der Waals surface area contributed by atoms with Crippen LogP contribution in [0, 0.1) is 35.0 Å². The predicted molar refractivity (Wildman–Crippen MR) is 172 cm³/mol. The van der Waals surface area contributed by atoms with Gasteiger partial charge in [-0.15, -0.1) is 0 Å². The highest BCUT2D eigenvalue weighted by Gasteiger charge is 2.88. The van der Waals surface area contributed by atoms with Gasteiger partial charge in [0.1, 0.15) is 11.7 Å². The van der Waals surface area contributed by atoms with E-state index in [1.807, 2.05) is 20.8 Å². The number of hydrogen-bond donors (Lipinski definition) is 3. The van der Waals surface area contributed by atoms with Crippen molar-refractivity contribution in [3.05, 3.63) is 23.3 Å².